The molecule has 1 aromatic heterocycles. The minimum atomic E-state index is 0.00964. The lowest BCUT2D eigenvalue weighted by Crippen LogP contribution is -2.52. The van der Waals surface area contributed by atoms with Gasteiger partial charge in [-0.15, -0.1) is 0 Å². The molecular weight excluding hydrogens is 256 g/mol. The zero-order chi connectivity index (χ0) is 14.1. The lowest BCUT2D eigenvalue weighted by Gasteiger charge is -2.39. The zero-order valence-corrected chi connectivity index (χ0v) is 12.1. The van der Waals surface area contributed by atoms with Gasteiger partial charge in [-0.05, 0) is 31.9 Å². The largest absolute Gasteiger partial charge is 0.465 e. The summed E-state index contributed by atoms with van der Waals surface area (Å²) in [5.41, 5.74) is 0. The van der Waals surface area contributed by atoms with Crippen LogP contribution >= 0.6 is 0 Å². The normalized spacial score (nSPS) is 30.2. The number of aryl methyl sites for hydroxylation is 1. The first kappa shape index (κ1) is 13.6. The first-order valence-electron chi connectivity index (χ1n) is 7.30. The molecular formula is C15H22N2O3. The molecule has 1 N–H and O–H groups in total. The highest BCUT2D eigenvalue weighted by molar-refractivity contribution is 5.78. The third kappa shape index (κ3) is 2.60. The Hall–Kier alpha value is -1.33. The van der Waals surface area contributed by atoms with Gasteiger partial charge in [0.05, 0.1) is 18.6 Å². The van der Waals surface area contributed by atoms with Crippen LogP contribution in [0.4, 0.5) is 0 Å². The Morgan fingerprint density at radius 1 is 1.50 bits per heavy atom. The van der Waals surface area contributed by atoms with Crippen LogP contribution in [-0.2, 0) is 16.1 Å². The molecule has 0 bridgehead atoms. The fourth-order valence-corrected chi connectivity index (χ4v) is 3.40. The number of furan rings is 1. The van der Waals surface area contributed by atoms with Crippen molar-refractivity contribution in [3.05, 3.63) is 23.7 Å². The molecule has 110 valence electrons. The van der Waals surface area contributed by atoms with Crippen molar-refractivity contribution >= 4 is 5.91 Å². The fourth-order valence-electron chi connectivity index (χ4n) is 3.40. The Kier molecular flexibility index (Phi) is 3.81. The molecule has 1 amide bonds. The van der Waals surface area contributed by atoms with Gasteiger partial charge < -0.3 is 14.5 Å². The second-order valence-electron chi connectivity index (χ2n) is 5.75. The van der Waals surface area contributed by atoms with Crippen LogP contribution in [0.25, 0.3) is 0 Å². The van der Waals surface area contributed by atoms with Crippen molar-refractivity contribution in [3.63, 3.8) is 0 Å². The summed E-state index contributed by atoms with van der Waals surface area (Å²) in [5, 5.41) is 2.76. The summed E-state index contributed by atoms with van der Waals surface area (Å²) in [4.78, 5) is 14.3. The lowest BCUT2D eigenvalue weighted by molar-refractivity contribution is -0.129. The smallest absolute Gasteiger partial charge is 0.224 e. The summed E-state index contributed by atoms with van der Waals surface area (Å²) in [6.45, 7) is 4.29. The Morgan fingerprint density at radius 2 is 2.35 bits per heavy atom. The van der Waals surface area contributed by atoms with Gasteiger partial charge in [0.2, 0.25) is 5.91 Å². The summed E-state index contributed by atoms with van der Waals surface area (Å²) in [6.07, 6.45) is 2.06. The number of piperidine rings is 1. The average molecular weight is 278 g/mol. The van der Waals surface area contributed by atoms with Gasteiger partial charge >= 0.3 is 0 Å². The van der Waals surface area contributed by atoms with Gasteiger partial charge in [0, 0.05) is 26.2 Å². The third-order valence-corrected chi connectivity index (χ3v) is 4.39. The van der Waals surface area contributed by atoms with E-state index in [0.717, 1.165) is 44.1 Å². The van der Waals surface area contributed by atoms with Crippen molar-refractivity contribution in [1.82, 2.24) is 10.2 Å². The predicted octanol–water partition coefficient (Wildman–Crippen LogP) is 1.31. The lowest BCUT2D eigenvalue weighted by atomic mass is 9.89. The molecule has 2 aliphatic rings. The molecule has 3 heterocycles. The number of nitrogens with one attached hydrogen (secondary N) is 1. The SMILES string of the molecule is CNC(=O)[C@H]1C[C@H]2OCC[C@H]2N(Cc2ccc(C)o2)C1. The van der Waals surface area contributed by atoms with Crippen LogP contribution in [0.2, 0.25) is 0 Å². The van der Waals surface area contributed by atoms with E-state index in [9.17, 15) is 4.79 Å². The van der Waals surface area contributed by atoms with E-state index >= 15 is 0 Å². The maximum Gasteiger partial charge on any atom is 0.224 e. The maximum atomic E-state index is 11.9. The fraction of sp³-hybridized carbons (Fsp3) is 0.667. The average Bonchev–Trinajstić information content (AvgIpc) is 3.06. The molecule has 3 atom stereocenters. The number of hydrogen-bond acceptors (Lipinski definition) is 4. The Bertz CT molecular complexity index is 485. The highest BCUT2D eigenvalue weighted by Crippen LogP contribution is 2.32. The number of amides is 1. The van der Waals surface area contributed by atoms with E-state index < -0.39 is 0 Å². The molecule has 2 fully saturated rings. The molecule has 3 rings (SSSR count). The molecule has 0 aromatic carbocycles. The van der Waals surface area contributed by atoms with E-state index in [1.54, 1.807) is 7.05 Å². The molecule has 2 saturated heterocycles. The van der Waals surface area contributed by atoms with Crippen molar-refractivity contribution in [1.29, 1.82) is 0 Å². The molecule has 0 saturated carbocycles. The second kappa shape index (κ2) is 5.58. The highest BCUT2D eigenvalue weighted by atomic mass is 16.5. The van der Waals surface area contributed by atoms with Gasteiger partial charge in [-0.1, -0.05) is 0 Å². The number of rotatable bonds is 3. The number of carbonyl (C=O) groups excluding carboxylic acids is 1. The van der Waals surface area contributed by atoms with Crippen LogP contribution in [0.1, 0.15) is 24.4 Å². The van der Waals surface area contributed by atoms with Gasteiger partial charge in [0.1, 0.15) is 11.5 Å². The van der Waals surface area contributed by atoms with E-state index in [1.165, 1.54) is 0 Å². The standard InChI is InChI=1S/C15H22N2O3/c1-10-3-4-12(20-10)9-17-8-11(15(18)16-2)7-14-13(17)5-6-19-14/h3-4,11,13-14H,5-9H2,1-2H3,(H,16,18)/t11-,13+,14+/m0/s1. The van der Waals surface area contributed by atoms with Gasteiger partial charge in [-0.25, -0.2) is 0 Å². The molecule has 0 unspecified atom stereocenters. The molecule has 0 spiro atoms. The van der Waals surface area contributed by atoms with Crippen LogP contribution in [0, 0.1) is 12.8 Å². The summed E-state index contributed by atoms with van der Waals surface area (Å²) >= 11 is 0. The summed E-state index contributed by atoms with van der Waals surface area (Å²) in [6, 6.07) is 4.42. The van der Waals surface area contributed by atoms with Crippen molar-refractivity contribution < 1.29 is 13.9 Å². The third-order valence-electron chi connectivity index (χ3n) is 4.39. The van der Waals surface area contributed by atoms with E-state index in [-0.39, 0.29) is 17.9 Å². The van der Waals surface area contributed by atoms with Crippen molar-refractivity contribution in [3.8, 4) is 0 Å². The van der Waals surface area contributed by atoms with Crippen LogP contribution in [0.5, 0.6) is 0 Å². The predicted molar refractivity (Wildman–Crippen MR) is 74.2 cm³/mol. The minimum absolute atomic E-state index is 0.00964. The molecule has 20 heavy (non-hydrogen) atoms. The van der Waals surface area contributed by atoms with Crippen molar-refractivity contribution in [2.75, 3.05) is 20.2 Å². The number of likely N-dealkylation sites (tertiary alicyclic amines) is 1. The second-order valence-corrected chi connectivity index (χ2v) is 5.75. The molecule has 5 nitrogen and oxygen atoms in total. The van der Waals surface area contributed by atoms with Gasteiger partial charge in [-0.2, -0.15) is 0 Å². The van der Waals surface area contributed by atoms with Crippen molar-refractivity contribution in [2.45, 2.75) is 38.5 Å². The molecule has 0 aliphatic carbocycles. The van der Waals surface area contributed by atoms with E-state index in [1.807, 2.05) is 19.1 Å². The van der Waals surface area contributed by atoms with E-state index in [2.05, 4.69) is 10.2 Å². The number of ether oxygens (including phenoxy) is 1. The van der Waals surface area contributed by atoms with E-state index in [0.29, 0.717) is 6.04 Å². The summed E-state index contributed by atoms with van der Waals surface area (Å²) in [5.74, 6) is 2.01. The number of carbonyl (C=O) groups is 1. The van der Waals surface area contributed by atoms with Gasteiger partial charge in [0.25, 0.3) is 0 Å². The quantitative estimate of drug-likeness (QED) is 0.906. The number of fused-ring (bicyclic) bond motifs is 1. The first-order chi connectivity index (χ1) is 9.67. The Morgan fingerprint density at radius 3 is 3.05 bits per heavy atom. The molecule has 0 radical (unpaired) electrons. The Balaban J connectivity index is 1.74. The topological polar surface area (TPSA) is 54.7 Å². The summed E-state index contributed by atoms with van der Waals surface area (Å²) in [7, 11) is 1.70. The summed E-state index contributed by atoms with van der Waals surface area (Å²) < 4.78 is 11.5. The Labute approximate surface area is 119 Å². The zero-order valence-electron chi connectivity index (χ0n) is 12.1. The highest BCUT2D eigenvalue weighted by Gasteiger charge is 2.42. The molecule has 2 aliphatic heterocycles. The molecule has 1 aromatic rings. The monoisotopic (exact) mass is 278 g/mol. The van der Waals surface area contributed by atoms with Gasteiger partial charge in [0.15, 0.2) is 0 Å². The van der Waals surface area contributed by atoms with Gasteiger partial charge in [-0.3, -0.25) is 9.69 Å². The molecule has 5 heteroatoms. The number of hydrogen-bond donors (Lipinski definition) is 1. The van der Waals surface area contributed by atoms with Crippen LogP contribution < -0.4 is 5.32 Å². The van der Waals surface area contributed by atoms with Crippen LogP contribution in [0.15, 0.2) is 16.5 Å². The first-order valence-corrected chi connectivity index (χ1v) is 7.30. The van der Waals surface area contributed by atoms with Crippen molar-refractivity contribution in [2.24, 2.45) is 5.92 Å². The maximum absolute atomic E-state index is 11.9. The van der Waals surface area contributed by atoms with Crippen LogP contribution in [-0.4, -0.2) is 43.2 Å². The minimum Gasteiger partial charge on any atom is -0.465 e. The van der Waals surface area contributed by atoms with E-state index in [4.69, 9.17) is 9.15 Å². The number of nitrogens with zero attached hydrogens (tertiary/aromatic N) is 1. The van der Waals surface area contributed by atoms with Crippen LogP contribution in [0.3, 0.4) is 0 Å².